The minimum Gasteiger partial charge on any atom is -0.491 e. The number of hydrogen-bond acceptors (Lipinski definition) is 6. The fraction of sp³-hybridized carbons (Fsp3) is 0.455. The smallest absolute Gasteiger partial charge is 0.159 e. The number of fused-ring (bicyclic) bond motifs is 1. The summed E-state index contributed by atoms with van der Waals surface area (Å²) in [6.45, 7) is 6.12. The number of aromatic nitrogens is 3. The van der Waals surface area contributed by atoms with Crippen LogP contribution in [0, 0.1) is 6.92 Å². The average molecular weight is 395 g/mol. The third-order valence-electron chi connectivity index (χ3n) is 5.37. The van der Waals surface area contributed by atoms with Gasteiger partial charge in [0.15, 0.2) is 5.65 Å². The molecule has 1 aliphatic rings. The number of nitrogens with one attached hydrogen (secondary N) is 2. The monoisotopic (exact) mass is 394 g/mol. The number of benzene rings is 1. The molecule has 0 radical (unpaired) electrons. The van der Waals surface area contributed by atoms with E-state index in [0.29, 0.717) is 12.1 Å². The number of nitrogens with zero attached hydrogens (tertiary/aromatic N) is 3. The fourth-order valence-electron chi connectivity index (χ4n) is 3.79. The van der Waals surface area contributed by atoms with Gasteiger partial charge in [0.2, 0.25) is 0 Å². The summed E-state index contributed by atoms with van der Waals surface area (Å²) in [7, 11) is 0. The lowest BCUT2D eigenvalue weighted by atomic mass is 9.92. The largest absolute Gasteiger partial charge is 0.491 e. The van der Waals surface area contributed by atoms with Crippen LogP contribution >= 0.6 is 0 Å². The number of ether oxygens (including phenoxy) is 1. The summed E-state index contributed by atoms with van der Waals surface area (Å²) < 4.78 is 7.58. The molecule has 29 heavy (non-hydrogen) atoms. The maximum Gasteiger partial charge on any atom is 0.159 e. The van der Waals surface area contributed by atoms with Gasteiger partial charge < -0.3 is 21.1 Å². The highest BCUT2D eigenvalue weighted by Gasteiger charge is 2.21. The third-order valence-corrected chi connectivity index (χ3v) is 5.37. The van der Waals surface area contributed by atoms with Gasteiger partial charge in [-0.05, 0) is 70.7 Å². The van der Waals surface area contributed by atoms with Gasteiger partial charge in [-0.15, -0.1) is 0 Å². The Morgan fingerprint density at radius 3 is 2.52 bits per heavy atom. The maximum atomic E-state index is 6.05. The van der Waals surface area contributed by atoms with Crippen LogP contribution in [0.5, 0.6) is 5.75 Å². The van der Waals surface area contributed by atoms with Gasteiger partial charge in [-0.3, -0.25) is 0 Å². The van der Waals surface area contributed by atoms with E-state index >= 15 is 0 Å². The number of anilines is 3. The zero-order valence-corrected chi connectivity index (χ0v) is 17.4. The average Bonchev–Trinajstić information content (AvgIpc) is 3.16. The van der Waals surface area contributed by atoms with E-state index in [-0.39, 0.29) is 6.10 Å². The van der Waals surface area contributed by atoms with Gasteiger partial charge in [0.1, 0.15) is 17.4 Å². The van der Waals surface area contributed by atoms with Crippen molar-refractivity contribution in [3.63, 3.8) is 0 Å². The summed E-state index contributed by atoms with van der Waals surface area (Å²) >= 11 is 0. The molecule has 4 rings (SSSR count). The van der Waals surface area contributed by atoms with Gasteiger partial charge in [-0.1, -0.05) is 0 Å². The first-order chi connectivity index (χ1) is 14.0. The van der Waals surface area contributed by atoms with Crippen molar-refractivity contribution in [1.29, 1.82) is 0 Å². The zero-order chi connectivity index (χ0) is 20.4. The first-order valence-corrected chi connectivity index (χ1v) is 10.4. The van der Waals surface area contributed by atoms with Crippen LogP contribution in [-0.4, -0.2) is 32.8 Å². The predicted octanol–water partition coefficient (Wildman–Crippen LogP) is 4.25. The molecule has 3 aromatic rings. The molecule has 154 valence electrons. The molecule has 0 unspecified atom stereocenters. The Bertz CT molecular complexity index is 957. The molecule has 4 N–H and O–H groups in total. The molecule has 7 heteroatoms. The van der Waals surface area contributed by atoms with Crippen LogP contribution in [0.3, 0.4) is 0 Å². The Balaban J connectivity index is 1.59. The Kier molecular flexibility index (Phi) is 5.58. The molecule has 0 saturated heterocycles. The van der Waals surface area contributed by atoms with Crippen LogP contribution in [0.2, 0.25) is 0 Å². The molecule has 7 nitrogen and oxygen atoms in total. The normalized spacial score (nSPS) is 19.5. The van der Waals surface area contributed by atoms with E-state index in [4.69, 9.17) is 15.5 Å². The lowest BCUT2D eigenvalue weighted by Gasteiger charge is -2.28. The fourth-order valence-corrected chi connectivity index (χ4v) is 3.79. The van der Waals surface area contributed by atoms with Crippen LogP contribution in [0.4, 0.5) is 17.3 Å². The summed E-state index contributed by atoms with van der Waals surface area (Å²) in [6, 6.07) is 10.6. The second-order valence-electron chi connectivity index (χ2n) is 8.11. The van der Waals surface area contributed by atoms with Gasteiger partial charge in [0, 0.05) is 29.4 Å². The lowest BCUT2D eigenvalue weighted by molar-refractivity contribution is 0.242. The van der Waals surface area contributed by atoms with Crippen LogP contribution in [0.15, 0.2) is 36.5 Å². The number of nitrogens with two attached hydrogens (primary N) is 1. The highest BCUT2D eigenvalue weighted by atomic mass is 16.5. The Hall–Kier alpha value is -2.80. The molecule has 0 atom stereocenters. The predicted molar refractivity (Wildman–Crippen MR) is 117 cm³/mol. The quantitative estimate of drug-likeness (QED) is 0.579. The molecular weight excluding hydrogens is 364 g/mol. The van der Waals surface area contributed by atoms with Crippen LogP contribution in [0.25, 0.3) is 5.65 Å². The van der Waals surface area contributed by atoms with Crippen molar-refractivity contribution in [2.24, 2.45) is 5.73 Å². The molecular formula is C22H30N6O. The summed E-state index contributed by atoms with van der Waals surface area (Å²) in [5, 5.41) is 11.6. The van der Waals surface area contributed by atoms with Crippen molar-refractivity contribution in [3.05, 3.63) is 42.1 Å². The van der Waals surface area contributed by atoms with E-state index < -0.39 is 0 Å². The molecule has 1 fully saturated rings. The molecule has 0 spiro atoms. The van der Waals surface area contributed by atoms with E-state index in [1.54, 1.807) is 6.20 Å². The molecule has 1 saturated carbocycles. The Morgan fingerprint density at radius 1 is 1.10 bits per heavy atom. The van der Waals surface area contributed by atoms with E-state index in [2.05, 4.69) is 22.7 Å². The molecule has 1 aromatic carbocycles. The third kappa shape index (κ3) is 4.45. The molecule has 0 aliphatic heterocycles. The van der Waals surface area contributed by atoms with Crippen molar-refractivity contribution < 1.29 is 4.74 Å². The summed E-state index contributed by atoms with van der Waals surface area (Å²) in [6.07, 6.45) is 6.20. The molecule has 2 heterocycles. The Labute approximate surface area is 171 Å². The van der Waals surface area contributed by atoms with Crippen molar-refractivity contribution in [2.75, 3.05) is 10.6 Å². The van der Waals surface area contributed by atoms with Gasteiger partial charge in [0.25, 0.3) is 0 Å². The van der Waals surface area contributed by atoms with E-state index in [1.165, 1.54) is 0 Å². The highest BCUT2D eigenvalue weighted by molar-refractivity contribution is 5.69. The summed E-state index contributed by atoms with van der Waals surface area (Å²) in [5.74, 6) is 2.67. The topological polar surface area (TPSA) is 89.5 Å². The zero-order valence-electron chi connectivity index (χ0n) is 17.4. The van der Waals surface area contributed by atoms with Gasteiger partial charge in [-0.25, -0.2) is 4.98 Å². The molecule has 1 aliphatic carbocycles. The standard InChI is InChI=1S/C22H30N6O/c1-14(2)29-19-10-8-18(9-11-19)26-22-15(3)21(27-20-12-13-24-28(20)22)25-17-6-4-16(23)5-7-17/h8-14,16-17,26H,4-7,23H2,1-3H3,(H,25,27)/t16-,17-. The SMILES string of the molecule is Cc1c(N[C@H]2CC[C@H](N)CC2)nc2ccnn2c1Nc1ccc(OC(C)C)cc1. The first-order valence-electron chi connectivity index (χ1n) is 10.4. The van der Waals surface area contributed by atoms with E-state index in [9.17, 15) is 0 Å². The Morgan fingerprint density at radius 2 is 1.83 bits per heavy atom. The lowest BCUT2D eigenvalue weighted by Crippen LogP contribution is -2.33. The molecule has 2 aromatic heterocycles. The summed E-state index contributed by atoms with van der Waals surface area (Å²) in [5.41, 5.74) is 8.88. The van der Waals surface area contributed by atoms with Crippen LogP contribution in [0.1, 0.15) is 45.1 Å². The molecule has 0 bridgehead atoms. The van der Waals surface area contributed by atoms with E-state index in [0.717, 1.165) is 60.0 Å². The van der Waals surface area contributed by atoms with Gasteiger partial charge >= 0.3 is 0 Å². The molecule has 0 amide bonds. The minimum atomic E-state index is 0.155. The van der Waals surface area contributed by atoms with Crippen LogP contribution in [-0.2, 0) is 0 Å². The van der Waals surface area contributed by atoms with Crippen molar-refractivity contribution >= 4 is 23.0 Å². The second kappa shape index (κ2) is 8.29. The van der Waals surface area contributed by atoms with E-state index in [1.807, 2.05) is 48.7 Å². The number of rotatable bonds is 6. The summed E-state index contributed by atoms with van der Waals surface area (Å²) in [4.78, 5) is 4.80. The highest BCUT2D eigenvalue weighted by Crippen LogP contribution is 2.29. The second-order valence-corrected chi connectivity index (χ2v) is 8.11. The maximum absolute atomic E-state index is 6.05. The first kappa shape index (κ1) is 19.5. The van der Waals surface area contributed by atoms with Gasteiger partial charge in [0.05, 0.1) is 12.3 Å². The van der Waals surface area contributed by atoms with Crippen molar-refractivity contribution in [3.8, 4) is 5.75 Å². The van der Waals surface area contributed by atoms with Crippen LogP contribution < -0.4 is 21.1 Å². The van der Waals surface area contributed by atoms with Crippen molar-refractivity contribution in [2.45, 2.75) is 64.6 Å². The minimum absolute atomic E-state index is 0.155. The van der Waals surface area contributed by atoms with Crippen molar-refractivity contribution in [1.82, 2.24) is 14.6 Å². The number of hydrogen-bond donors (Lipinski definition) is 3. The van der Waals surface area contributed by atoms with Gasteiger partial charge in [-0.2, -0.15) is 9.61 Å².